The molecule has 0 aromatic rings. The fourth-order valence-corrected chi connectivity index (χ4v) is 11.0. The predicted octanol–water partition coefficient (Wildman–Crippen LogP) is 22.1. The van der Waals surface area contributed by atoms with Crippen LogP contribution in [-0.4, -0.2) is 47.4 Å². The van der Waals surface area contributed by atoms with Gasteiger partial charge in [0.1, 0.15) is 0 Å². The summed E-state index contributed by atoms with van der Waals surface area (Å²) in [6.45, 7) is 4.92. The van der Waals surface area contributed by atoms with Crippen LogP contribution in [0.5, 0.6) is 0 Å². The number of aliphatic hydroxyl groups excluding tert-OH is 2. The van der Waals surface area contributed by atoms with Gasteiger partial charge in [0.25, 0.3) is 0 Å². The van der Waals surface area contributed by atoms with E-state index in [0.717, 1.165) is 51.4 Å². The third kappa shape index (κ3) is 61.6. The molecular formula is C70H135NO5. The molecule has 0 aliphatic rings. The number of aliphatic hydroxyl groups is 2. The second kappa shape index (κ2) is 65.9. The number of nitrogens with one attached hydrogen (secondary N) is 1. The van der Waals surface area contributed by atoms with Gasteiger partial charge in [0, 0.05) is 12.8 Å². The highest BCUT2D eigenvalue weighted by molar-refractivity contribution is 5.76. The topological polar surface area (TPSA) is 95.9 Å². The maximum Gasteiger partial charge on any atom is 0.305 e. The van der Waals surface area contributed by atoms with Crippen LogP contribution in [0.2, 0.25) is 0 Å². The van der Waals surface area contributed by atoms with Crippen LogP contribution >= 0.6 is 0 Å². The zero-order valence-electron chi connectivity index (χ0n) is 51.5. The summed E-state index contributed by atoms with van der Waals surface area (Å²) < 4.78 is 5.47. The fraction of sp³-hybridized carbons (Fsp3) is 0.914. The van der Waals surface area contributed by atoms with E-state index in [0.29, 0.717) is 25.9 Å². The number of esters is 1. The number of hydrogen-bond acceptors (Lipinski definition) is 5. The van der Waals surface area contributed by atoms with E-state index in [9.17, 15) is 19.8 Å². The largest absolute Gasteiger partial charge is 0.466 e. The van der Waals surface area contributed by atoms with Crippen LogP contribution in [0.4, 0.5) is 0 Å². The van der Waals surface area contributed by atoms with Gasteiger partial charge in [-0.05, 0) is 51.4 Å². The summed E-state index contributed by atoms with van der Waals surface area (Å²) in [6.07, 6.45) is 82.2. The lowest BCUT2D eigenvalue weighted by Gasteiger charge is -2.22. The summed E-state index contributed by atoms with van der Waals surface area (Å²) in [7, 11) is 0. The molecule has 3 N–H and O–H groups in total. The molecule has 2 atom stereocenters. The lowest BCUT2D eigenvalue weighted by molar-refractivity contribution is -0.143. The van der Waals surface area contributed by atoms with Crippen molar-refractivity contribution < 1.29 is 24.5 Å². The van der Waals surface area contributed by atoms with E-state index < -0.39 is 12.1 Å². The Balaban J connectivity index is 3.37. The number of ether oxygens (including phenoxy) is 1. The highest BCUT2D eigenvalue weighted by Crippen LogP contribution is 2.19. The predicted molar refractivity (Wildman–Crippen MR) is 333 cm³/mol. The Kier molecular flexibility index (Phi) is 64.4. The van der Waals surface area contributed by atoms with Crippen molar-refractivity contribution in [2.24, 2.45) is 0 Å². The van der Waals surface area contributed by atoms with Crippen molar-refractivity contribution in [3.8, 4) is 0 Å². The molecule has 0 aliphatic carbocycles. The van der Waals surface area contributed by atoms with Crippen molar-refractivity contribution in [3.05, 3.63) is 24.3 Å². The highest BCUT2D eigenvalue weighted by atomic mass is 16.5. The van der Waals surface area contributed by atoms with Gasteiger partial charge in [-0.25, -0.2) is 0 Å². The third-order valence-electron chi connectivity index (χ3n) is 16.2. The first-order valence-corrected chi connectivity index (χ1v) is 34.6. The molecule has 0 aromatic heterocycles. The minimum absolute atomic E-state index is 0.000853. The van der Waals surface area contributed by atoms with Gasteiger partial charge in [0.2, 0.25) is 5.91 Å². The molecule has 0 aromatic carbocycles. The number of allylic oxidation sites excluding steroid dienone is 4. The molecule has 0 rings (SSSR count). The van der Waals surface area contributed by atoms with Gasteiger partial charge in [-0.2, -0.15) is 0 Å². The first-order valence-electron chi connectivity index (χ1n) is 34.6. The molecule has 2 unspecified atom stereocenters. The lowest BCUT2D eigenvalue weighted by Crippen LogP contribution is -2.45. The molecule has 76 heavy (non-hydrogen) atoms. The van der Waals surface area contributed by atoms with E-state index >= 15 is 0 Å². The van der Waals surface area contributed by atoms with Crippen LogP contribution < -0.4 is 5.32 Å². The molecule has 0 radical (unpaired) electrons. The summed E-state index contributed by atoms with van der Waals surface area (Å²) in [6, 6.07) is -0.542. The third-order valence-corrected chi connectivity index (χ3v) is 16.2. The molecule has 450 valence electrons. The van der Waals surface area contributed by atoms with Crippen LogP contribution in [-0.2, 0) is 14.3 Å². The van der Waals surface area contributed by atoms with Gasteiger partial charge < -0.3 is 20.3 Å². The van der Waals surface area contributed by atoms with E-state index in [1.807, 2.05) is 0 Å². The highest BCUT2D eigenvalue weighted by Gasteiger charge is 2.20. The monoisotopic (exact) mass is 1070 g/mol. The zero-order valence-corrected chi connectivity index (χ0v) is 51.5. The molecule has 0 saturated carbocycles. The van der Waals surface area contributed by atoms with Crippen molar-refractivity contribution in [2.75, 3.05) is 13.2 Å². The quantitative estimate of drug-likeness (QED) is 0.0320. The number of carbonyl (C=O) groups excluding carboxylic acids is 2. The van der Waals surface area contributed by atoms with Gasteiger partial charge in [-0.1, -0.05) is 346 Å². The van der Waals surface area contributed by atoms with Crippen molar-refractivity contribution >= 4 is 11.9 Å². The molecule has 0 spiro atoms. The van der Waals surface area contributed by atoms with Crippen molar-refractivity contribution in [2.45, 2.75) is 398 Å². The standard InChI is InChI=1S/C70H135NO5/c1-3-5-7-9-11-13-15-17-18-19-20-21-26-29-32-35-39-42-46-50-54-58-62-68(73)67(66-72)71-69(74)63-59-55-51-47-43-40-36-33-30-27-24-22-23-25-28-31-34-37-41-45-49-53-57-61-65-76-70(75)64-60-56-52-48-44-38-16-14-12-10-8-6-4-2/h8,10,14,16,67-68,72-73H,3-7,9,11-13,15,17-66H2,1-2H3,(H,71,74)/b10-8-,16-14-. The van der Waals surface area contributed by atoms with Crippen molar-refractivity contribution in [1.82, 2.24) is 5.32 Å². The fourth-order valence-electron chi connectivity index (χ4n) is 11.0. The summed E-state index contributed by atoms with van der Waals surface area (Å²) >= 11 is 0. The molecule has 1 amide bonds. The Labute approximate surface area is 475 Å². The van der Waals surface area contributed by atoms with Gasteiger partial charge in [0.15, 0.2) is 0 Å². The maximum absolute atomic E-state index is 12.5. The molecule has 0 aliphatic heterocycles. The van der Waals surface area contributed by atoms with Crippen LogP contribution in [0.1, 0.15) is 386 Å². The number of carbonyl (C=O) groups is 2. The summed E-state index contributed by atoms with van der Waals surface area (Å²) in [5.41, 5.74) is 0. The smallest absolute Gasteiger partial charge is 0.305 e. The Morgan fingerprint density at radius 2 is 0.684 bits per heavy atom. The SMILES string of the molecule is CCC/C=C\C/C=C\CCCCCCCC(=O)OCCCCCCCCCCCCCCCCCCCCCCCCCCC(=O)NC(CO)C(O)CCCCCCCCCCCCCCCCCCCCCCCC. The average Bonchev–Trinajstić information content (AvgIpc) is 3.42. The Bertz CT molecular complexity index is 1190. The number of unbranched alkanes of at least 4 members (excludes halogenated alkanes) is 50. The summed E-state index contributed by atoms with van der Waals surface area (Å²) in [4.78, 5) is 24.6. The normalized spacial score (nSPS) is 12.6. The molecular weight excluding hydrogens is 935 g/mol. The maximum atomic E-state index is 12.5. The lowest BCUT2D eigenvalue weighted by atomic mass is 10.0. The van der Waals surface area contributed by atoms with E-state index in [2.05, 4.69) is 43.5 Å². The molecule has 0 saturated heterocycles. The van der Waals surface area contributed by atoms with Crippen molar-refractivity contribution in [1.29, 1.82) is 0 Å². The van der Waals surface area contributed by atoms with Crippen LogP contribution in [0, 0.1) is 0 Å². The van der Waals surface area contributed by atoms with Gasteiger partial charge in [-0.15, -0.1) is 0 Å². The Hall–Kier alpha value is -1.66. The molecule has 0 bridgehead atoms. The van der Waals surface area contributed by atoms with Crippen LogP contribution in [0.3, 0.4) is 0 Å². The Morgan fingerprint density at radius 3 is 1.05 bits per heavy atom. The van der Waals surface area contributed by atoms with E-state index in [4.69, 9.17) is 4.74 Å². The number of hydrogen-bond donors (Lipinski definition) is 3. The number of rotatable bonds is 65. The second-order valence-electron chi connectivity index (χ2n) is 23.9. The molecule has 6 nitrogen and oxygen atoms in total. The number of amides is 1. The summed E-state index contributed by atoms with van der Waals surface area (Å²) in [5, 5.41) is 23.4. The molecule has 0 heterocycles. The van der Waals surface area contributed by atoms with E-state index in [1.165, 1.54) is 302 Å². The van der Waals surface area contributed by atoms with E-state index in [-0.39, 0.29) is 18.5 Å². The first-order chi connectivity index (χ1) is 37.5. The first kappa shape index (κ1) is 74.3. The second-order valence-corrected chi connectivity index (χ2v) is 23.9. The zero-order chi connectivity index (χ0) is 55.0. The Morgan fingerprint density at radius 1 is 0.368 bits per heavy atom. The minimum atomic E-state index is -0.665. The minimum Gasteiger partial charge on any atom is -0.466 e. The average molecular weight is 1070 g/mol. The van der Waals surface area contributed by atoms with Crippen molar-refractivity contribution in [3.63, 3.8) is 0 Å². The van der Waals surface area contributed by atoms with Gasteiger partial charge in [0.05, 0.1) is 25.4 Å². The van der Waals surface area contributed by atoms with Crippen LogP contribution in [0.15, 0.2) is 24.3 Å². The molecule has 0 fully saturated rings. The van der Waals surface area contributed by atoms with Gasteiger partial charge >= 0.3 is 5.97 Å². The summed E-state index contributed by atoms with van der Waals surface area (Å²) in [5.74, 6) is -0.0286. The van der Waals surface area contributed by atoms with Gasteiger partial charge in [-0.3, -0.25) is 9.59 Å². The van der Waals surface area contributed by atoms with E-state index in [1.54, 1.807) is 0 Å². The molecule has 6 heteroatoms. The van der Waals surface area contributed by atoms with Crippen LogP contribution in [0.25, 0.3) is 0 Å².